The number of amides is 1. The van der Waals surface area contributed by atoms with Crippen LogP contribution in [-0.2, 0) is 4.79 Å². The minimum Gasteiger partial charge on any atom is -0.324 e. The average Bonchev–Trinajstić information content (AvgIpc) is 2.23. The quantitative estimate of drug-likeness (QED) is 0.897. The summed E-state index contributed by atoms with van der Waals surface area (Å²) in [4.78, 5) is 11.8. The molecule has 1 aromatic rings. The Balaban J connectivity index is 2.85. The maximum atomic E-state index is 11.8. The molecule has 0 heterocycles. The fraction of sp³-hybridized carbons (Fsp3) is 0.462. The van der Waals surface area contributed by atoms with Gasteiger partial charge in [0.1, 0.15) is 0 Å². The van der Waals surface area contributed by atoms with Crippen LogP contribution in [0.2, 0.25) is 0 Å². The van der Waals surface area contributed by atoms with Crippen molar-refractivity contribution in [2.45, 2.75) is 39.7 Å². The summed E-state index contributed by atoms with van der Waals surface area (Å²) >= 11 is 3.43. The second-order valence-corrected chi connectivity index (χ2v) is 5.21. The first kappa shape index (κ1) is 14.2. The van der Waals surface area contributed by atoms with Crippen molar-refractivity contribution in [1.29, 1.82) is 0 Å². The summed E-state index contributed by atoms with van der Waals surface area (Å²) in [7, 11) is 0. The Bertz CT molecular complexity index is 395. The van der Waals surface area contributed by atoms with Gasteiger partial charge in [0.2, 0.25) is 5.91 Å². The molecular formula is C13H19BrN2O. The van der Waals surface area contributed by atoms with E-state index in [-0.39, 0.29) is 5.91 Å². The van der Waals surface area contributed by atoms with Crippen molar-refractivity contribution in [1.82, 2.24) is 0 Å². The zero-order chi connectivity index (χ0) is 13.0. The van der Waals surface area contributed by atoms with Crippen LogP contribution in [0.25, 0.3) is 0 Å². The van der Waals surface area contributed by atoms with Crippen molar-refractivity contribution < 1.29 is 4.79 Å². The summed E-state index contributed by atoms with van der Waals surface area (Å²) < 4.78 is 1.02. The van der Waals surface area contributed by atoms with E-state index < -0.39 is 6.04 Å². The molecule has 0 spiro atoms. The molecule has 0 saturated heterocycles. The van der Waals surface area contributed by atoms with Gasteiger partial charge in [-0.15, -0.1) is 0 Å². The van der Waals surface area contributed by atoms with Crippen LogP contribution in [0.4, 0.5) is 5.69 Å². The van der Waals surface area contributed by atoms with E-state index in [0.29, 0.717) is 6.42 Å². The van der Waals surface area contributed by atoms with Crippen molar-refractivity contribution in [2.75, 3.05) is 5.32 Å². The van der Waals surface area contributed by atoms with E-state index >= 15 is 0 Å². The number of rotatable bonds is 4. The van der Waals surface area contributed by atoms with Crippen LogP contribution >= 0.6 is 15.9 Å². The lowest BCUT2D eigenvalue weighted by atomic mass is 10.1. The van der Waals surface area contributed by atoms with Gasteiger partial charge in [0.05, 0.1) is 6.04 Å². The molecule has 0 aliphatic rings. The summed E-state index contributed by atoms with van der Waals surface area (Å²) in [5.41, 5.74) is 8.72. The zero-order valence-electron chi connectivity index (χ0n) is 10.5. The minimum atomic E-state index is -0.428. The van der Waals surface area contributed by atoms with Crippen LogP contribution in [0.15, 0.2) is 16.6 Å². The number of hydrogen-bond donors (Lipinski definition) is 2. The largest absolute Gasteiger partial charge is 0.324 e. The maximum absolute atomic E-state index is 11.8. The fourth-order valence-corrected chi connectivity index (χ4v) is 2.45. The summed E-state index contributed by atoms with van der Waals surface area (Å²) in [5.74, 6) is -0.111. The highest BCUT2D eigenvalue weighted by atomic mass is 79.9. The Kier molecular flexibility index (Phi) is 5.15. The van der Waals surface area contributed by atoms with Gasteiger partial charge in [-0.1, -0.05) is 29.3 Å². The lowest BCUT2D eigenvalue weighted by Gasteiger charge is -2.15. The second-order valence-electron chi connectivity index (χ2n) is 4.30. The first-order chi connectivity index (χ1) is 7.95. The minimum absolute atomic E-state index is 0.111. The van der Waals surface area contributed by atoms with Crippen molar-refractivity contribution in [2.24, 2.45) is 5.73 Å². The third-order valence-corrected chi connectivity index (χ3v) is 3.14. The van der Waals surface area contributed by atoms with E-state index in [2.05, 4.69) is 21.2 Å². The Morgan fingerprint density at radius 3 is 2.41 bits per heavy atom. The monoisotopic (exact) mass is 298 g/mol. The van der Waals surface area contributed by atoms with Gasteiger partial charge in [-0.05, 0) is 43.5 Å². The molecule has 0 aliphatic carbocycles. The number of benzene rings is 1. The van der Waals surface area contributed by atoms with Gasteiger partial charge in [0.25, 0.3) is 0 Å². The average molecular weight is 299 g/mol. The summed E-state index contributed by atoms with van der Waals surface area (Å²) in [6.45, 7) is 5.96. The Morgan fingerprint density at radius 1 is 1.41 bits per heavy atom. The lowest BCUT2D eigenvalue weighted by Crippen LogP contribution is -2.35. The Morgan fingerprint density at radius 2 is 1.94 bits per heavy atom. The fourth-order valence-electron chi connectivity index (χ4n) is 1.77. The Hall–Kier alpha value is -0.870. The van der Waals surface area contributed by atoms with Gasteiger partial charge in [-0.2, -0.15) is 0 Å². The highest BCUT2D eigenvalue weighted by molar-refractivity contribution is 9.10. The number of nitrogens with two attached hydrogens (primary N) is 1. The third-order valence-electron chi connectivity index (χ3n) is 2.68. The molecule has 3 N–H and O–H groups in total. The van der Waals surface area contributed by atoms with Gasteiger partial charge in [-0.25, -0.2) is 0 Å². The number of hydrogen-bond acceptors (Lipinski definition) is 2. The van der Waals surface area contributed by atoms with Crippen LogP contribution in [-0.4, -0.2) is 11.9 Å². The van der Waals surface area contributed by atoms with Crippen LogP contribution in [0, 0.1) is 13.8 Å². The molecule has 0 aliphatic heterocycles. The summed E-state index contributed by atoms with van der Waals surface area (Å²) in [6.07, 6.45) is 1.62. The van der Waals surface area contributed by atoms with E-state index in [1.165, 1.54) is 0 Å². The zero-order valence-corrected chi connectivity index (χ0v) is 12.1. The molecule has 1 unspecified atom stereocenters. The molecule has 3 nitrogen and oxygen atoms in total. The van der Waals surface area contributed by atoms with Gasteiger partial charge in [0, 0.05) is 10.2 Å². The second kappa shape index (κ2) is 6.17. The highest BCUT2D eigenvalue weighted by Crippen LogP contribution is 2.25. The normalized spacial score (nSPS) is 12.3. The molecule has 17 heavy (non-hydrogen) atoms. The highest BCUT2D eigenvalue weighted by Gasteiger charge is 2.14. The third kappa shape index (κ3) is 3.82. The molecule has 1 aromatic carbocycles. The molecule has 0 radical (unpaired) electrons. The molecular weight excluding hydrogens is 280 g/mol. The lowest BCUT2D eigenvalue weighted by molar-refractivity contribution is -0.117. The van der Waals surface area contributed by atoms with Gasteiger partial charge < -0.3 is 11.1 Å². The van der Waals surface area contributed by atoms with Crippen LogP contribution in [0.3, 0.4) is 0 Å². The first-order valence-electron chi connectivity index (χ1n) is 5.79. The number of nitrogens with one attached hydrogen (secondary N) is 1. The number of anilines is 1. The van der Waals surface area contributed by atoms with Crippen molar-refractivity contribution in [3.8, 4) is 0 Å². The van der Waals surface area contributed by atoms with E-state index in [9.17, 15) is 4.79 Å². The molecule has 94 valence electrons. The molecule has 0 bridgehead atoms. The smallest absolute Gasteiger partial charge is 0.241 e. The Labute approximate surface area is 111 Å². The predicted octanol–water partition coefficient (Wildman–Crippen LogP) is 3.13. The van der Waals surface area contributed by atoms with Crippen molar-refractivity contribution in [3.63, 3.8) is 0 Å². The van der Waals surface area contributed by atoms with Gasteiger partial charge in [0.15, 0.2) is 0 Å². The molecule has 0 aromatic heterocycles. The number of carbonyl (C=O) groups excluding carboxylic acids is 1. The van der Waals surface area contributed by atoms with Crippen molar-refractivity contribution in [3.05, 3.63) is 27.7 Å². The first-order valence-corrected chi connectivity index (χ1v) is 6.58. The standard InChI is InChI=1S/C13H19BrN2O/c1-4-5-11(15)13(17)16-12-8(2)6-10(14)7-9(12)3/h6-7,11H,4-5,15H2,1-3H3,(H,16,17). The molecule has 1 atom stereocenters. The molecule has 0 saturated carbocycles. The molecule has 4 heteroatoms. The van der Waals surface area contributed by atoms with E-state index in [4.69, 9.17) is 5.73 Å². The summed E-state index contributed by atoms with van der Waals surface area (Å²) in [6, 6.07) is 3.53. The SMILES string of the molecule is CCCC(N)C(=O)Nc1c(C)cc(Br)cc1C. The summed E-state index contributed by atoms with van der Waals surface area (Å²) in [5, 5.41) is 2.91. The predicted molar refractivity (Wildman–Crippen MR) is 75.1 cm³/mol. The van der Waals surface area contributed by atoms with Gasteiger partial charge >= 0.3 is 0 Å². The van der Waals surface area contributed by atoms with E-state index in [1.54, 1.807) is 0 Å². The molecule has 1 rings (SSSR count). The van der Waals surface area contributed by atoms with Crippen LogP contribution < -0.4 is 11.1 Å². The number of carbonyl (C=O) groups is 1. The van der Waals surface area contributed by atoms with E-state index in [1.807, 2.05) is 32.9 Å². The topological polar surface area (TPSA) is 55.1 Å². The van der Waals surface area contributed by atoms with Crippen LogP contribution in [0.5, 0.6) is 0 Å². The molecule has 1 amide bonds. The van der Waals surface area contributed by atoms with Crippen molar-refractivity contribution >= 4 is 27.5 Å². The maximum Gasteiger partial charge on any atom is 0.241 e. The van der Waals surface area contributed by atoms with Gasteiger partial charge in [-0.3, -0.25) is 4.79 Å². The number of halogens is 1. The number of aryl methyl sites for hydroxylation is 2. The van der Waals surface area contributed by atoms with Crippen LogP contribution in [0.1, 0.15) is 30.9 Å². The van der Waals surface area contributed by atoms with E-state index in [0.717, 1.165) is 27.7 Å². The molecule has 0 fully saturated rings.